The van der Waals surface area contributed by atoms with Crippen LogP contribution in [-0.4, -0.2) is 25.0 Å². The molecule has 90 valence electrons. The van der Waals surface area contributed by atoms with Crippen LogP contribution in [-0.2, 0) is 9.84 Å². The van der Waals surface area contributed by atoms with Crippen molar-refractivity contribution in [1.29, 1.82) is 0 Å². The van der Waals surface area contributed by atoms with E-state index in [0.29, 0.717) is 5.92 Å². The maximum Gasteiger partial charge on any atom is 0.155 e. The fourth-order valence-electron chi connectivity index (χ4n) is 2.04. The molecule has 1 aliphatic carbocycles. The summed E-state index contributed by atoms with van der Waals surface area (Å²) in [6.45, 7) is 5.28. The van der Waals surface area contributed by atoms with Crippen LogP contribution in [0.25, 0.3) is 0 Å². The molecule has 1 aliphatic rings. The normalized spacial score (nSPS) is 28.3. The molecule has 15 heavy (non-hydrogen) atoms. The van der Waals surface area contributed by atoms with Gasteiger partial charge in [-0.2, -0.15) is 0 Å². The highest BCUT2D eigenvalue weighted by atomic mass is 32.2. The zero-order chi connectivity index (χ0) is 11.7. The Morgan fingerprint density at radius 1 is 1.27 bits per heavy atom. The first-order valence-corrected chi connectivity index (χ1v) is 7.37. The van der Waals surface area contributed by atoms with Crippen molar-refractivity contribution in [2.75, 3.05) is 5.75 Å². The first-order chi connectivity index (χ1) is 6.74. The standard InChI is InChI=1S/C11H23NO2S/c1-11(2,3)15(13,14)8-7-9-5-4-6-10(9)12/h9-10H,4-8,12H2,1-3H3. The molecule has 0 aromatic carbocycles. The molecule has 1 rings (SSSR count). The summed E-state index contributed by atoms with van der Waals surface area (Å²) in [5.41, 5.74) is 5.92. The number of hydrogen-bond donors (Lipinski definition) is 1. The van der Waals surface area contributed by atoms with Crippen LogP contribution < -0.4 is 5.73 Å². The van der Waals surface area contributed by atoms with Crippen molar-refractivity contribution >= 4 is 9.84 Å². The van der Waals surface area contributed by atoms with Crippen molar-refractivity contribution in [2.45, 2.75) is 57.2 Å². The molecular weight excluding hydrogens is 210 g/mol. The molecule has 0 radical (unpaired) electrons. The Morgan fingerprint density at radius 2 is 1.87 bits per heavy atom. The average molecular weight is 233 g/mol. The van der Waals surface area contributed by atoms with Gasteiger partial charge in [-0.25, -0.2) is 8.42 Å². The van der Waals surface area contributed by atoms with Gasteiger partial charge in [0.05, 0.1) is 10.5 Å². The largest absolute Gasteiger partial charge is 0.327 e. The first kappa shape index (κ1) is 13.0. The van der Waals surface area contributed by atoms with E-state index in [-0.39, 0.29) is 11.8 Å². The number of nitrogens with two attached hydrogens (primary N) is 1. The first-order valence-electron chi connectivity index (χ1n) is 5.72. The minimum absolute atomic E-state index is 0.222. The molecule has 0 aromatic rings. The predicted octanol–water partition coefficient (Wildman–Crippen LogP) is 1.72. The van der Waals surface area contributed by atoms with Crippen LogP contribution in [0.2, 0.25) is 0 Å². The molecule has 0 amide bonds. The lowest BCUT2D eigenvalue weighted by Crippen LogP contribution is -2.33. The number of hydrogen-bond acceptors (Lipinski definition) is 3. The Bertz CT molecular complexity index is 303. The highest BCUT2D eigenvalue weighted by molar-refractivity contribution is 7.92. The van der Waals surface area contributed by atoms with E-state index in [1.54, 1.807) is 20.8 Å². The van der Waals surface area contributed by atoms with E-state index in [9.17, 15) is 8.42 Å². The molecule has 2 atom stereocenters. The van der Waals surface area contributed by atoms with Crippen molar-refractivity contribution < 1.29 is 8.42 Å². The van der Waals surface area contributed by atoms with Crippen LogP contribution in [0.4, 0.5) is 0 Å². The van der Waals surface area contributed by atoms with E-state index >= 15 is 0 Å². The zero-order valence-electron chi connectivity index (χ0n) is 9.99. The van der Waals surface area contributed by atoms with Gasteiger partial charge in [-0.15, -0.1) is 0 Å². The molecule has 0 heterocycles. The van der Waals surface area contributed by atoms with E-state index in [2.05, 4.69) is 0 Å². The Balaban J connectivity index is 2.50. The minimum Gasteiger partial charge on any atom is -0.327 e. The highest BCUT2D eigenvalue weighted by Crippen LogP contribution is 2.28. The highest BCUT2D eigenvalue weighted by Gasteiger charge is 2.31. The Kier molecular flexibility index (Phi) is 3.82. The summed E-state index contributed by atoms with van der Waals surface area (Å²) in [7, 11) is -2.96. The quantitative estimate of drug-likeness (QED) is 0.807. The van der Waals surface area contributed by atoms with Crippen LogP contribution >= 0.6 is 0 Å². The molecule has 0 aliphatic heterocycles. The second kappa shape index (κ2) is 4.42. The Hall–Kier alpha value is -0.0900. The molecule has 4 heteroatoms. The van der Waals surface area contributed by atoms with Crippen LogP contribution in [0.15, 0.2) is 0 Å². The van der Waals surface area contributed by atoms with Gasteiger partial charge in [0.1, 0.15) is 0 Å². The zero-order valence-corrected chi connectivity index (χ0v) is 10.8. The Morgan fingerprint density at radius 3 is 2.27 bits per heavy atom. The SMILES string of the molecule is CC(C)(C)S(=O)(=O)CCC1CCCC1N. The minimum atomic E-state index is -2.96. The fourth-order valence-corrected chi connectivity index (χ4v) is 3.26. The lowest BCUT2D eigenvalue weighted by molar-refractivity contribution is 0.461. The summed E-state index contributed by atoms with van der Waals surface area (Å²) in [6, 6.07) is 0.222. The van der Waals surface area contributed by atoms with E-state index in [1.807, 2.05) is 0 Å². The summed E-state index contributed by atoms with van der Waals surface area (Å²) >= 11 is 0. The van der Waals surface area contributed by atoms with Gasteiger partial charge >= 0.3 is 0 Å². The number of rotatable bonds is 3. The Labute approximate surface area is 93.3 Å². The second-order valence-electron chi connectivity index (χ2n) is 5.57. The van der Waals surface area contributed by atoms with Crippen LogP contribution in [0.1, 0.15) is 46.5 Å². The van der Waals surface area contributed by atoms with Gasteiger partial charge in [-0.1, -0.05) is 6.42 Å². The van der Waals surface area contributed by atoms with Gasteiger partial charge in [0.2, 0.25) is 0 Å². The molecule has 2 unspecified atom stereocenters. The monoisotopic (exact) mass is 233 g/mol. The molecule has 1 fully saturated rings. The molecule has 1 saturated carbocycles. The molecule has 3 nitrogen and oxygen atoms in total. The van der Waals surface area contributed by atoms with E-state index in [1.165, 1.54) is 0 Å². The van der Waals surface area contributed by atoms with Crippen molar-refractivity contribution in [2.24, 2.45) is 11.7 Å². The summed E-state index contributed by atoms with van der Waals surface area (Å²) < 4.78 is 23.1. The van der Waals surface area contributed by atoms with Crippen molar-refractivity contribution in [3.8, 4) is 0 Å². The molecule has 0 aromatic heterocycles. The third-order valence-corrected chi connectivity index (χ3v) is 6.05. The molecule has 0 saturated heterocycles. The lowest BCUT2D eigenvalue weighted by Gasteiger charge is -2.21. The molecular formula is C11H23NO2S. The maximum atomic E-state index is 11.9. The van der Waals surface area contributed by atoms with Gasteiger partial charge < -0.3 is 5.73 Å². The van der Waals surface area contributed by atoms with Crippen molar-refractivity contribution in [3.63, 3.8) is 0 Å². The van der Waals surface area contributed by atoms with Crippen molar-refractivity contribution in [1.82, 2.24) is 0 Å². The summed E-state index contributed by atoms with van der Waals surface area (Å²) in [4.78, 5) is 0. The van der Waals surface area contributed by atoms with Gasteiger partial charge in [0.15, 0.2) is 9.84 Å². The van der Waals surface area contributed by atoms with E-state index in [4.69, 9.17) is 5.73 Å². The van der Waals surface area contributed by atoms with E-state index < -0.39 is 14.6 Å². The van der Waals surface area contributed by atoms with Crippen LogP contribution in [0, 0.1) is 5.92 Å². The molecule has 0 spiro atoms. The van der Waals surface area contributed by atoms with E-state index in [0.717, 1.165) is 25.7 Å². The summed E-state index contributed by atoms with van der Waals surface area (Å²) in [5.74, 6) is 0.705. The maximum absolute atomic E-state index is 11.9. The van der Waals surface area contributed by atoms with Gasteiger partial charge in [-0.05, 0) is 46.0 Å². The third-order valence-electron chi connectivity index (χ3n) is 3.41. The van der Waals surface area contributed by atoms with Gasteiger partial charge in [0.25, 0.3) is 0 Å². The fraction of sp³-hybridized carbons (Fsp3) is 1.00. The summed E-state index contributed by atoms with van der Waals surface area (Å²) in [6.07, 6.45) is 4.04. The smallest absolute Gasteiger partial charge is 0.155 e. The summed E-state index contributed by atoms with van der Waals surface area (Å²) in [5, 5.41) is 0. The van der Waals surface area contributed by atoms with Crippen LogP contribution in [0.5, 0.6) is 0 Å². The van der Waals surface area contributed by atoms with Gasteiger partial charge in [0, 0.05) is 6.04 Å². The van der Waals surface area contributed by atoms with Gasteiger partial charge in [-0.3, -0.25) is 0 Å². The lowest BCUT2D eigenvalue weighted by atomic mass is 10.0. The topological polar surface area (TPSA) is 60.2 Å². The van der Waals surface area contributed by atoms with Crippen LogP contribution in [0.3, 0.4) is 0 Å². The molecule has 2 N–H and O–H groups in total. The molecule has 0 bridgehead atoms. The average Bonchev–Trinajstić information content (AvgIpc) is 2.46. The van der Waals surface area contributed by atoms with Crippen molar-refractivity contribution in [3.05, 3.63) is 0 Å². The second-order valence-corrected chi connectivity index (χ2v) is 8.44. The predicted molar refractivity (Wildman–Crippen MR) is 63.5 cm³/mol. The third kappa shape index (κ3) is 3.18. The number of sulfone groups is 1.